The van der Waals surface area contributed by atoms with Gasteiger partial charge in [-0.1, -0.05) is 30.3 Å². The van der Waals surface area contributed by atoms with Crippen LogP contribution in [0.5, 0.6) is 0 Å². The van der Waals surface area contributed by atoms with Crippen LogP contribution in [-0.4, -0.2) is 72.5 Å². The first-order chi connectivity index (χ1) is 16.3. The maximum absolute atomic E-state index is 12.2. The number of nitrogens with zero attached hydrogens (tertiary/aromatic N) is 3. The van der Waals surface area contributed by atoms with Crippen LogP contribution in [0, 0.1) is 0 Å². The van der Waals surface area contributed by atoms with E-state index in [0.717, 1.165) is 5.56 Å². The summed E-state index contributed by atoms with van der Waals surface area (Å²) in [6.45, 7) is 1.94. The third-order valence-corrected chi connectivity index (χ3v) is 9.52. The van der Waals surface area contributed by atoms with Crippen LogP contribution in [0.25, 0.3) is 11.0 Å². The summed E-state index contributed by atoms with van der Waals surface area (Å²) >= 11 is 6.15. The first-order valence-electron chi connectivity index (χ1n) is 10.5. The van der Waals surface area contributed by atoms with E-state index in [-0.39, 0.29) is 17.0 Å². The van der Waals surface area contributed by atoms with Gasteiger partial charge in [-0.2, -0.15) is 4.98 Å². The molecule has 1 aliphatic rings. The fraction of sp³-hybridized carbons (Fsp3) is 0.400. The zero-order valence-electron chi connectivity index (χ0n) is 18.3. The molecule has 2 aromatic heterocycles. The largest absolute Gasteiger partial charge is 0.387 e. The van der Waals surface area contributed by atoms with E-state index in [1.54, 1.807) is 6.07 Å². The van der Waals surface area contributed by atoms with Crippen molar-refractivity contribution in [3.05, 3.63) is 53.4 Å². The van der Waals surface area contributed by atoms with E-state index in [1.165, 1.54) is 10.8 Å². The van der Waals surface area contributed by atoms with E-state index < -0.39 is 53.2 Å². The van der Waals surface area contributed by atoms with Gasteiger partial charge in [0.25, 0.3) is 0 Å². The minimum absolute atomic E-state index is 0.0889. The Bertz CT molecular complexity index is 1370. The van der Waals surface area contributed by atoms with Crippen LogP contribution in [0.15, 0.2) is 42.6 Å². The van der Waals surface area contributed by atoms with Crippen LogP contribution >= 0.6 is 19.2 Å². The van der Waals surface area contributed by atoms with Crippen molar-refractivity contribution < 1.29 is 37.7 Å². The number of benzene rings is 1. The van der Waals surface area contributed by atoms with Crippen molar-refractivity contribution in [2.75, 3.05) is 16.6 Å². The van der Waals surface area contributed by atoms with Gasteiger partial charge in [0.2, 0.25) is 5.28 Å². The number of ether oxygens (including phenoxy) is 1. The van der Waals surface area contributed by atoms with Crippen LogP contribution in [0.3, 0.4) is 0 Å². The van der Waals surface area contributed by atoms with Gasteiger partial charge in [0, 0.05) is 12.2 Å². The Balaban J connectivity index is 1.61. The summed E-state index contributed by atoms with van der Waals surface area (Å²) in [7, 11) is -9.14. The van der Waals surface area contributed by atoms with Gasteiger partial charge in [0.1, 0.15) is 29.8 Å². The number of sulfone groups is 1. The standard InChI is InChI=1S/C20H24ClN4O8PS/c1-11(12-5-3-2-4-6-12)22-17-13-7-8-25(18(13)24-20(21)23-17)19-16(27)15(26)14(33-19)9-35(31,32)10-34(28,29)30/h2-8,11,14-16,19,26-27H,9-10H2,1H3,(H,22,23,24)(H2,28,29,30)/t11-,14-,15-,16-,19-/m1/s1. The molecule has 0 bridgehead atoms. The van der Waals surface area contributed by atoms with Gasteiger partial charge in [-0.05, 0) is 30.2 Å². The number of halogens is 1. The topological polar surface area (TPSA) is 184 Å². The Kier molecular flexibility index (Phi) is 7.24. The van der Waals surface area contributed by atoms with Crippen molar-refractivity contribution in [1.29, 1.82) is 0 Å². The molecule has 0 radical (unpaired) electrons. The van der Waals surface area contributed by atoms with Crippen molar-refractivity contribution in [3.63, 3.8) is 0 Å². The Morgan fingerprint density at radius 3 is 2.51 bits per heavy atom. The lowest BCUT2D eigenvalue weighted by molar-refractivity contribution is -0.0288. The molecule has 1 aromatic carbocycles. The summed E-state index contributed by atoms with van der Waals surface area (Å²) in [4.78, 5) is 26.5. The van der Waals surface area contributed by atoms with E-state index in [2.05, 4.69) is 15.3 Å². The fourth-order valence-electron chi connectivity index (χ4n) is 4.01. The van der Waals surface area contributed by atoms with Crippen LogP contribution in [0.1, 0.15) is 24.8 Å². The van der Waals surface area contributed by atoms with E-state index in [4.69, 9.17) is 26.1 Å². The van der Waals surface area contributed by atoms with Crippen molar-refractivity contribution in [3.8, 4) is 0 Å². The lowest BCUT2D eigenvalue weighted by Crippen LogP contribution is -2.35. The molecule has 1 aliphatic heterocycles. The monoisotopic (exact) mass is 546 g/mol. The normalized spacial score (nSPS) is 24.1. The summed E-state index contributed by atoms with van der Waals surface area (Å²) < 4.78 is 42.4. The van der Waals surface area contributed by atoms with Crippen molar-refractivity contribution >= 4 is 45.9 Å². The van der Waals surface area contributed by atoms with Crippen molar-refractivity contribution in [2.24, 2.45) is 0 Å². The third-order valence-electron chi connectivity index (χ3n) is 5.59. The molecule has 0 amide bonds. The van der Waals surface area contributed by atoms with Gasteiger partial charge in [0.05, 0.1) is 11.1 Å². The maximum atomic E-state index is 12.2. The number of hydrogen-bond acceptors (Lipinski definition) is 9. The Labute approximate surface area is 205 Å². The summed E-state index contributed by atoms with van der Waals surface area (Å²) in [5.74, 6) is -0.465. The number of aromatic nitrogens is 3. The lowest BCUT2D eigenvalue weighted by Gasteiger charge is -2.19. The summed E-state index contributed by atoms with van der Waals surface area (Å²) in [5, 5.41) is 24.7. The molecule has 35 heavy (non-hydrogen) atoms. The highest BCUT2D eigenvalue weighted by molar-refractivity contribution is 7.97. The molecule has 0 saturated carbocycles. The second kappa shape index (κ2) is 9.75. The number of fused-ring (bicyclic) bond motifs is 1. The molecule has 5 N–H and O–H groups in total. The first kappa shape index (κ1) is 26.0. The second-order valence-corrected chi connectivity index (χ2v) is 12.8. The third kappa shape index (κ3) is 5.84. The Morgan fingerprint density at radius 2 is 1.86 bits per heavy atom. The van der Waals surface area contributed by atoms with Crippen LogP contribution in [0.4, 0.5) is 5.82 Å². The fourth-order valence-corrected chi connectivity index (χ4v) is 7.42. The van der Waals surface area contributed by atoms with E-state index in [9.17, 15) is 23.2 Å². The molecule has 3 aromatic rings. The van der Waals surface area contributed by atoms with Gasteiger partial charge < -0.3 is 34.6 Å². The minimum atomic E-state index is -4.85. The average Bonchev–Trinajstić information content (AvgIpc) is 3.28. The van der Waals surface area contributed by atoms with Gasteiger partial charge in [-0.25, -0.2) is 13.4 Å². The molecule has 0 spiro atoms. The maximum Gasteiger partial charge on any atom is 0.340 e. The van der Waals surface area contributed by atoms with E-state index >= 15 is 0 Å². The molecule has 4 rings (SSSR count). The second-order valence-electron chi connectivity index (χ2n) is 8.33. The molecule has 15 heteroatoms. The number of hydrogen-bond donors (Lipinski definition) is 5. The SMILES string of the molecule is C[C@@H](Nc1nc(Cl)nc2c1ccn2[C@@H]1O[C@H](CS(=O)(=O)CP(=O)(O)O)[C@@H](O)[C@H]1O)c1ccccc1. The predicted octanol–water partition coefficient (Wildman–Crippen LogP) is 1.43. The molecular weight excluding hydrogens is 523 g/mol. The highest BCUT2D eigenvalue weighted by Gasteiger charge is 2.46. The zero-order valence-corrected chi connectivity index (χ0v) is 20.8. The lowest BCUT2D eigenvalue weighted by atomic mass is 10.1. The number of anilines is 1. The molecule has 1 saturated heterocycles. The molecule has 190 valence electrons. The molecule has 3 heterocycles. The molecule has 5 atom stereocenters. The Morgan fingerprint density at radius 1 is 1.17 bits per heavy atom. The van der Waals surface area contributed by atoms with Crippen molar-refractivity contribution in [2.45, 2.75) is 37.5 Å². The van der Waals surface area contributed by atoms with E-state index in [1.807, 2.05) is 37.3 Å². The van der Waals surface area contributed by atoms with E-state index in [0.29, 0.717) is 11.2 Å². The zero-order chi connectivity index (χ0) is 25.5. The molecule has 0 aliphatic carbocycles. The minimum Gasteiger partial charge on any atom is -0.387 e. The molecular formula is C20H24ClN4O8PS. The highest BCUT2D eigenvalue weighted by atomic mass is 35.5. The smallest absolute Gasteiger partial charge is 0.340 e. The number of aliphatic hydroxyl groups excluding tert-OH is 2. The van der Waals surface area contributed by atoms with Crippen LogP contribution in [-0.2, 0) is 19.1 Å². The molecule has 12 nitrogen and oxygen atoms in total. The summed E-state index contributed by atoms with van der Waals surface area (Å²) in [6.07, 6.45) is -4.30. The highest BCUT2D eigenvalue weighted by Crippen LogP contribution is 2.39. The molecule has 1 fully saturated rings. The van der Waals surface area contributed by atoms with Crippen molar-refractivity contribution in [1.82, 2.24) is 14.5 Å². The first-order valence-corrected chi connectivity index (χ1v) is 14.5. The van der Waals surface area contributed by atoms with Gasteiger partial charge in [-0.15, -0.1) is 0 Å². The van der Waals surface area contributed by atoms with Gasteiger partial charge >= 0.3 is 7.60 Å². The van der Waals surface area contributed by atoms with Crippen LogP contribution < -0.4 is 5.32 Å². The summed E-state index contributed by atoms with van der Waals surface area (Å²) in [6, 6.07) is 11.2. The molecule has 0 unspecified atom stereocenters. The summed E-state index contributed by atoms with van der Waals surface area (Å²) in [5.41, 5.74) is -0.119. The number of aliphatic hydroxyl groups is 2. The predicted molar refractivity (Wildman–Crippen MR) is 128 cm³/mol. The number of nitrogens with one attached hydrogen (secondary N) is 1. The Hall–Kier alpha value is -2.09. The van der Waals surface area contributed by atoms with Gasteiger partial charge in [0.15, 0.2) is 21.6 Å². The average molecular weight is 547 g/mol. The number of rotatable bonds is 8. The quantitative estimate of drug-likeness (QED) is 0.203. The van der Waals surface area contributed by atoms with Crippen LogP contribution in [0.2, 0.25) is 5.28 Å². The van der Waals surface area contributed by atoms with Gasteiger partial charge in [-0.3, -0.25) is 4.57 Å².